The highest BCUT2D eigenvalue weighted by Gasteiger charge is 2.16. The zero-order chi connectivity index (χ0) is 15.1. The molecule has 0 saturated carbocycles. The van der Waals surface area contributed by atoms with Gasteiger partial charge >= 0.3 is 5.97 Å². The molecule has 0 aliphatic rings. The zero-order valence-electron chi connectivity index (χ0n) is 12.4. The molecule has 0 radical (unpaired) electrons. The summed E-state index contributed by atoms with van der Waals surface area (Å²) in [5.41, 5.74) is 1.87. The summed E-state index contributed by atoms with van der Waals surface area (Å²) in [4.78, 5) is 24.8. The summed E-state index contributed by atoms with van der Waals surface area (Å²) in [7, 11) is 3.16. The summed E-state index contributed by atoms with van der Waals surface area (Å²) in [5.74, 6) is 0.120. The summed E-state index contributed by atoms with van der Waals surface area (Å²) in [5, 5.41) is 0. The van der Waals surface area contributed by atoms with Crippen LogP contribution in [0.1, 0.15) is 18.1 Å². The summed E-state index contributed by atoms with van der Waals surface area (Å²) in [6, 6.07) is 5.67. The Kier molecular flexibility index (Phi) is 6.03. The van der Waals surface area contributed by atoms with Gasteiger partial charge in [0.25, 0.3) is 0 Å². The molecule has 0 bridgehead atoms. The first kappa shape index (κ1) is 16.0. The molecular weight excluding hydrogens is 258 g/mol. The lowest BCUT2D eigenvalue weighted by molar-refractivity contribution is -0.147. The van der Waals surface area contributed by atoms with E-state index in [1.165, 1.54) is 4.90 Å². The van der Waals surface area contributed by atoms with Gasteiger partial charge in [-0.25, -0.2) is 0 Å². The summed E-state index contributed by atoms with van der Waals surface area (Å²) < 4.78 is 10.1. The van der Waals surface area contributed by atoms with Crippen LogP contribution in [0, 0.1) is 6.92 Å². The molecule has 0 N–H and O–H groups in total. The minimum atomic E-state index is -0.403. The number of benzene rings is 1. The van der Waals surface area contributed by atoms with E-state index in [1.807, 2.05) is 25.1 Å². The number of methoxy groups -OCH3 is 1. The van der Waals surface area contributed by atoms with E-state index in [0.717, 1.165) is 11.1 Å². The van der Waals surface area contributed by atoms with E-state index in [1.54, 1.807) is 21.1 Å². The minimum absolute atomic E-state index is 0.0409. The molecule has 5 nitrogen and oxygen atoms in total. The average molecular weight is 279 g/mol. The van der Waals surface area contributed by atoms with Gasteiger partial charge < -0.3 is 14.4 Å². The third-order valence-electron chi connectivity index (χ3n) is 2.87. The number of nitrogens with zero attached hydrogens (tertiary/aromatic N) is 1. The van der Waals surface area contributed by atoms with Gasteiger partial charge in [-0.1, -0.05) is 17.7 Å². The van der Waals surface area contributed by atoms with Gasteiger partial charge in [0.15, 0.2) is 0 Å². The third kappa shape index (κ3) is 4.57. The fourth-order valence-electron chi connectivity index (χ4n) is 1.83. The molecule has 0 fully saturated rings. The van der Waals surface area contributed by atoms with Crippen LogP contribution in [0.25, 0.3) is 0 Å². The van der Waals surface area contributed by atoms with Crippen molar-refractivity contribution in [1.82, 2.24) is 4.90 Å². The lowest BCUT2D eigenvalue weighted by atomic mass is 10.1. The van der Waals surface area contributed by atoms with Crippen LogP contribution in [0.2, 0.25) is 0 Å². The van der Waals surface area contributed by atoms with Gasteiger partial charge in [0.05, 0.1) is 20.1 Å². The van der Waals surface area contributed by atoms with Gasteiger partial charge in [-0.05, 0) is 19.9 Å². The number of aryl methyl sites for hydroxylation is 1. The fraction of sp³-hybridized carbons (Fsp3) is 0.467. The molecule has 20 heavy (non-hydrogen) atoms. The van der Waals surface area contributed by atoms with E-state index in [-0.39, 0.29) is 18.9 Å². The Morgan fingerprint density at radius 1 is 1.30 bits per heavy atom. The molecule has 0 aromatic heterocycles. The molecule has 0 spiro atoms. The SMILES string of the molecule is CCOC(=O)CN(C)C(=O)Cc1cc(C)ccc1OC. The lowest BCUT2D eigenvalue weighted by Gasteiger charge is -2.17. The Hall–Kier alpha value is -2.04. The van der Waals surface area contributed by atoms with E-state index in [0.29, 0.717) is 12.4 Å². The van der Waals surface area contributed by atoms with Crippen LogP contribution in [0.4, 0.5) is 0 Å². The number of rotatable bonds is 6. The Morgan fingerprint density at radius 3 is 2.60 bits per heavy atom. The van der Waals surface area contributed by atoms with E-state index < -0.39 is 5.97 Å². The fourth-order valence-corrected chi connectivity index (χ4v) is 1.83. The molecule has 1 amide bonds. The summed E-state index contributed by atoms with van der Waals surface area (Å²) in [6.07, 6.45) is 0.195. The molecule has 0 aliphatic heterocycles. The molecule has 110 valence electrons. The predicted molar refractivity (Wildman–Crippen MR) is 75.7 cm³/mol. The highest BCUT2D eigenvalue weighted by atomic mass is 16.5. The third-order valence-corrected chi connectivity index (χ3v) is 2.87. The number of hydrogen-bond acceptors (Lipinski definition) is 4. The summed E-state index contributed by atoms with van der Waals surface area (Å²) >= 11 is 0. The number of esters is 1. The highest BCUT2D eigenvalue weighted by molar-refractivity contribution is 5.83. The summed E-state index contributed by atoms with van der Waals surface area (Å²) in [6.45, 7) is 3.96. The van der Waals surface area contributed by atoms with Crippen molar-refractivity contribution in [2.75, 3.05) is 27.3 Å². The molecule has 0 unspecified atom stereocenters. The Balaban J connectivity index is 2.70. The van der Waals surface area contributed by atoms with E-state index in [4.69, 9.17) is 9.47 Å². The van der Waals surface area contributed by atoms with Crippen LogP contribution >= 0.6 is 0 Å². The van der Waals surface area contributed by atoms with Gasteiger partial charge in [-0.3, -0.25) is 9.59 Å². The van der Waals surface area contributed by atoms with Crippen molar-refractivity contribution in [3.8, 4) is 5.75 Å². The van der Waals surface area contributed by atoms with Gasteiger partial charge in [0.1, 0.15) is 12.3 Å². The molecule has 5 heteroatoms. The first-order valence-electron chi connectivity index (χ1n) is 6.51. The van der Waals surface area contributed by atoms with Crippen molar-refractivity contribution < 1.29 is 19.1 Å². The molecule has 1 aromatic carbocycles. The first-order valence-corrected chi connectivity index (χ1v) is 6.51. The second-order valence-corrected chi connectivity index (χ2v) is 4.55. The Bertz CT molecular complexity index is 485. The van der Waals surface area contributed by atoms with Crippen molar-refractivity contribution in [3.05, 3.63) is 29.3 Å². The molecule has 0 heterocycles. The minimum Gasteiger partial charge on any atom is -0.496 e. The second kappa shape index (κ2) is 7.53. The Morgan fingerprint density at radius 2 is 2.00 bits per heavy atom. The molecule has 0 saturated heterocycles. The number of ether oxygens (including phenoxy) is 2. The quantitative estimate of drug-likeness (QED) is 0.742. The van der Waals surface area contributed by atoms with Crippen LogP contribution in [0.5, 0.6) is 5.75 Å². The zero-order valence-corrected chi connectivity index (χ0v) is 12.4. The molecular formula is C15H21NO4. The van der Waals surface area contributed by atoms with E-state index >= 15 is 0 Å². The van der Waals surface area contributed by atoms with Crippen molar-refractivity contribution in [2.24, 2.45) is 0 Å². The van der Waals surface area contributed by atoms with Gasteiger partial charge in [0, 0.05) is 12.6 Å². The molecule has 1 rings (SSSR count). The van der Waals surface area contributed by atoms with Crippen molar-refractivity contribution >= 4 is 11.9 Å². The van der Waals surface area contributed by atoms with Gasteiger partial charge in [-0.2, -0.15) is 0 Å². The van der Waals surface area contributed by atoms with Crippen molar-refractivity contribution in [2.45, 2.75) is 20.3 Å². The predicted octanol–water partition coefficient (Wildman–Crippen LogP) is 1.57. The maximum atomic E-state index is 12.1. The second-order valence-electron chi connectivity index (χ2n) is 4.55. The number of amides is 1. The van der Waals surface area contributed by atoms with Crippen LogP contribution in [-0.2, 0) is 20.7 Å². The lowest BCUT2D eigenvalue weighted by Crippen LogP contribution is -2.34. The smallest absolute Gasteiger partial charge is 0.325 e. The largest absolute Gasteiger partial charge is 0.496 e. The average Bonchev–Trinajstić information content (AvgIpc) is 2.39. The molecule has 0 atom stereocenters. The van der Waals surface area contributed by atoms with Crippen LogP contribution in [0.3, 0.4) is 0 Å². The number of hydrogen-bond donors (Lipinski definition) is 0. The van der Waals surface area contributed by atoms with Crippen LogP contribution in [0.15, 0.2) is 18.2 Å². The van der Waals surface area contributed by atoms with Crippen LogP contribution < -0.4 is 4.74 Å². The Labute approximate surface area is 119 Å². The van der Waals surface area contributed by atoms with E-state index in [2.05, 4.69) is 0 Å². The van der Waals surface area contributed by atoms with Crippen molar-refractivity contribution in [3.63, 3.8) is 0 Å². The number of carbonyl (C=O) groups excluding carboxylic acids is 2. The standard InChI is InChI=1S/C15H21NO4/c1-5-20-15(18)10-16(3)14(17)9-12-8-11(2)6-7-13(12)19-4/h6-8H,5,9-10H2,1-4H3. The maximum absolute atomic E-state index is 12.1. The van der Waals surface area contributed by atoms with Crippen molar-refractivity contribution in [1.29, 1.82) is 0 Å². The number of carbonyl (C=O) groups is 2. The van der Waals surface area contributed by atoms with Gasteiger partial charge in [-0.15, -0.1) is 0 Å². The molecule has 0 aliphatic carbocycles. The molecule has 1 aromatic rings. The van der Waals surface area contributed by atoms with E-state index in [9.17, 15) is 9.59 Å². The topological polar surface area (TPSA) is 55.8 Å². The van der Waals surface area contributed by atoms with Crippen LogP contribution in [-0.4, -0.2) is 44.1 Å². The monoisotopic (exact) mass is 279 g/mol. The first-order chi connectivity index (χ1) is 9.47. The highest BCUT2D eigenvalue weighted by Crippen LogP contribution is 2.20. The maximum Gasteiger partial charge on any atom is 0.325 e. The number of likely N-dealkylation sites (N-methyl/N-ethyl adjacent to an activating group) is 1. The normalized spacial score (nSPS) is 10.0. The van der Waals surface area contributed by atoms with Gasteiger partial charge in [0.2, 0.25) is 5.91 Å².